The number of carbonyl (C=O) groups is 1. The van der Waals surface area contributed by atoms with Gasteiger partial charge in [-0.2, -0.15) is 5.10 Å². The van der Waals surface area contributed by atoms with Gasteiger partial charge in [0.2, 0.25) is 0 Å². The van der Waals surface area contributed by atoms with Crippen LogP contribution in [0.1, 0.15) is 35.0 Å². The van der Waals surface area contributed by atoms with Crippen molar-refractivity contribution in [1.82, 2.24) is 9.78 Å². The van der Waals surface area contributed by atoms with Crippen LogP contribution in [0.2, 0.25) is 0 Å². The number of amides is 1. The maximum Gasteiger partial charge on any atom is 0.256 e. The second-order valence-electron chi connectivity index (χ2n) is 4.75. The second-order valence-corrected chi connectivity index (χ2v) is 4.75. The summed E-state index contributed by atoms with van der Waals surface area (Å²) >= 11 is 0. The van der Waals surface area contributed by atoms with Crippen LogP contribution < -0.4 is 11.1 Å². The van der Waals surface area contributed by atoms with Crippen molar-refractivity contribution >= 4 is 24.1 Å². The lowest BCUT2D eigenvalue weighted by molar-refractivity contribution is 0.102. The molecule has 0 saturated heterocycles. The Kier molecular flexibility index (Phi) is 6.39. The third-order valence-electron chi connectivity index (χ3n) is 3.13. The molecule has 2 aromatic rings. The molecule has 1 aromatic carbocycles. The van der Waals surface area contributed by atoms with Crippen molar-refractivity contribution in [3.05, 3.63) is 47.2 Å². The lowest BCUT2D eigenvalue weighted by Gasteiger charge is -2.05. The topological polar surface area (TPSA) is 72.9 Å². The summed E-state index contributed by atoms with van der Waals surface area (Å²) in [5, 5.41) is 7.23. The van der Waals surface area contributed by atoms with Crippen molar-refractivity contribution in [3.8, 4) is 0 Å². The van der Waals surface area contributed by atoms with E-state index in [-0.39, 0.29) is 18.3 Å². The zero-order valence-corrected chi connectivity index (χ0v) is 13.1. The van der Waals surface area contributed by atoms with Crippen molar-refractivity contribution in [2.24, 2.45) is 12.8 Å². The minimum atomic E-state index is -0.139. The van der Waals surface area contributed by atoms with Crippen molar-refractivity contribution in [2.45, 2.75) is 26.3 Å². The molecule has 0 aliphatic carbocycles. The van der Waals surface area contributed by atoms with Crippen LogP contribution in [-0.4, -0.2) is 15.7 Å². The molecule has 114 valence electrons. The average molecular weight is 309 g/mol. The third-order valence-corrected chi connectivity index (χ3v) is 3.13. The standard InChI is InChI=1S/C15H20N4O.ClH/c1-3-4-13-9-14(19(2)18-13)17-15(20)12-7-5-11(10-16)6-8-12;/h5-9H,3-4,10,16H2,1-2H3,(H,17,20);1H. The average Bonchev–Trinajstić information content (AvgIpc) is 2.79. The zero-order chi connectivity index (χ0) is 14.5. The van der Waals surface area contributed by atoms with Crippen molar-refractivity contribution in [1.29, 1.82) is 0 Å². The van der Waals surface area contributed by atoms with Crippen LogP contribution in [-0.2, 0) is 20.0 Å². The molecule has 1 amide bonds. The highest BCUT2D eigenvalue weighted by molar-refractivity contribution is 6.03. The molecule has 5 nitrogen and oxygen atoms in total. The van der Waals surface area contributed by atoms with E-state index in [1.807, 2.05) is 25.2 Å². The summed E-state index contributed by atoms with van der Waals surface area (Å²) in [7, 11) is 1.83. The number of carbonyl (C=O) groups excluding carboxylic acids is 1. The predicted octanol–water partition coefficient (Wildman–Crippen LogP) is 2.51. The number of anilines is 1. The quantitative estimate of drug-likeness (QED) is 0.891. The van der Waals surface area contributed by atoms with Crippen LogP contribution in [0, 0.1) is 0 Å². The second kappa shape index (κ2) is 7.81. The third kappa shape index (κ3) is 4.31. The number of nitrogens with two attached hydrogens (primary N) is 1. The smallest absolute Gasteiger partial charge is 0.256 e. The highest BCUT2D eigenvalue weighted by Crippen LogP contribution is 2.13. The molecule has 3 N–H and O–H groups in total. The molecule has 0 fully saturated rings. The molecule has 1 aromatic heterocycles. The predicted molar refractivity (Wildman–Crippen MR) is 86.7 cm³/mol. The molecule has 1 heterocycles. The summed E-state index contributed by atoms with van der Waals surface area (Å²) in [6.45, 7) is 2.58. The van der Waals surface area contributed by atoms with Gasteiger partial charge < -0.3 is 11.1 Å². The maximum absolute atomic E-state index is 12.1. The Labute approximate surface area is 130 Å². The number of nitrogens with zero attached hydrogens (tertiary/aromatic N) is 2. The van der Waals surface area contributed by atoms with Gasteiger partial charge in [-0.15, -0.1) is 12.4 Å². The van der Waals surface area contributed by atoms with E-state index in [9.17, 15) is 4.79 Å². The van der Waals surface area contributed by atoms with Gasteiger partial charge in [0.15, 0.2) is 0 Å². The number of aromatic nitrogens is 2. The fourth-order valence-corrected chi connectivity index (χ4v) is 2.00. The number of hydrogen-bond acceptors (Lipinski definition) is 3. The molecular formula is C15H21ClN4O. The summed E-state index contributed by atoms with van der Waals surface area (Å²) < 4.78 is 1.69. The van der Waals surface area contributed by atoms with Gasteiger partial charge in [0.1, 0.15) is 5.82 Å². The Balaban J connectivity index is 0.00000220. The summed E-state index contributed by atoms with van der Waals surface area (Å²) in [6, 6.07) is 9.19. The number of rotatable bonds is 5. The number of hydrogen-bond donors (Lipinski definition) is 2. The number of aryl methyl sites for hydroxylation is 2. The highest BCUT2D eigenvalue weighted by Gasteiger charge is 2.10. The molecule has 0 saturated carbocycles. The van der Waals surface area contributed by atoms with E-state index < -0.39 is 0 Å². The Morgan fingerprint density at radius 1 is 1.33 bits per heavy atom. The summed E-state index contributed by atoms with van der Waals surface area (Å²) in [6.07, 6.45) is 1.94. The molecule has 0 spiro atoms. The van der Waals surface area contributed by atoms with Crippen LogP contribution in [0.3, 0.4) is 0 Å². The van der Waals surface area contributed by atoms with Gasteiger partial charge in [-0.25, -0.2) is 0 Å². The molecule has 21 heavy (non-hydrogen) atoms. The Hall–Kier alpha value is -1.85. The molecule has 0 aliphatic rings. The highest BCUT2D eigenvalue weighted by atomic mass is 35.5. The number of nitrogens with one attached hydrogen (secondary N) is 1. The Morgan fingerprint density at radius 2 is 2.00 bits per heavy atom. The molecule has 0 radical (unpaired) electrons. The SMILES string of the molecule is CCCc1cc(NC(=O)c2ccc(CN)cc2)n(C)n1.Cl. The molecule has 2 rings (SSSR count). The van der Waals surface area contributed by atoms with Crippen molar-refractivity contribution in [3.63, 3.8) is 0 Å². The fourth-order valence-electron chi connectivity index (χ4n) is 2.00. The van der Waals surface area contributed by atoms with Gasteiger partial charge in [0, 0.05) is 25.2 Å². The van der Waals surface area contributed by atoms with Gasteiger partial charge in [0.25, 0.3) is 5.91 Å². The Morgan fingerprint density at radius 3 is 2.57 bits per heavy atom. The van der Waals surface area contributed by atoms with E-state index in [1.165, 1.54) is 0 Å². The largest absolute Gasteiger partial charge is 0.326 e. The summed E-state index contributed by atoms with van der Waals surface area (Å²) in [5.74, 6) is 0.570. The normalized spacial score (nSPS) is 10.0. The molecule has 0 bridgehead atoms. The van der Waals surface area contributed by atoms with Gasteiger partial charge in [-0.1, -0.05) is 25.5 Å². The van der Waals surface area contributed by atoms with E-state index in [2.05, 4.69) is 17.3 Å². The lowest BCUT2D eigenvalue weighted by atomic mass is 10.1. The summed E-state index contributed by atoms with van der Waals surface area (Å²) in [4.78, 5) is 12.1. The van der Waals surface area contributed by atoms with Crippen LogP contribution >= 0.6 is 12.4 Å². The van der Waals surface area contributed by atoms with E-state index in [1.54, 1.807) is 16.8 Å². The first kappa shape index (κ1) is 17.2. The van der Waals surface area contributed by atoms with Gasteiger partial charge in [-0.05, 0) is 24.1 Å². The maximum atomic E-state index is 12.1. The van der Waals surface area contributed by atoms with Crippen molar-refractivity contribution in [2.75, 3.05) is 5.32 Å². The molecule has 0 aliphatic heterocycles. The van der Waals surface area contributed by atoms with E-state index >= 15 is 0 Å². The lowest BCUT2D eigenvalue weighted by Crippen LogP contribution is -2.14. The van der Waals surface area contributed by atoms with Crippen LogP contribution in [0.15, 0.2) is 30.3 Å². The minimum absolute atomic E-state index is 0. The van der Waals surface area contributed by atoms with E-state index in [0.29, 0.717) is 17.9 Å². The summed E-state index contributed by atoms with van der Waals surface area (Å²) in [5.41, 5.74) is 8.15. The first-order valence-corrected chi connectivity index (χ1v) is 6.77. The first-order chi connectivity index (χ1) is 9.63. The molecule has 0 atom stereocenters. The van der Waals surface area contributed by atoms with Gasteiger partial charge in [0.05, 0.1) is 5.69 Å². The van der Waals surface area contributed by atoms with Gasteiger partial charge >= 0.3 is 0 Å². The minimum Gasteiger partial charge on any atom is -0.326 e. The van der Waals surface area contributed by atoms with E-state index in [0.717, 1.165) is 24.1 Å². The molecule has 6 heteroatoms. The number of benzene rings is 1. The molecule has 0 unspecified atom stereocenters. The zero-order valence-electron chi connectivity index (χ0n) is 12.3. The number of halogens is 1. The van der Waals surface area contributed by atoms with Crippen LogP contribution in [0.4, 0.5) is 5.82 Å². The Bertz CT molecular complexity index is 592. The van der Waals surface area contributed by atoms with Crippen LogP contribution in [0.25, 0.3) is 0 Å². The molecular weight excluding hydrogens is 288 g/mol. The van der Waals surface area contributed by atoms with Crippen molar-refractivity contribution < 1.29 is 4.79 Å². The van der Waals surface area contributed by atoms with Gasteiger partial charge in [-0.3, -0.25) is 9.48 Å². The monoisotopic (exact) mass is 308 g/mol. The fraction of sp³-hybridized carbons (Fsp3) is 0.333. The van der Waals surface area contributed by atoms with Crippen LogP contribution in [0.5, 0.6) is 0 Å². The van der Waals surface area contributed by atoms with E-state index in [4.69, 9.17) is 5.73 Å². The first-order valence-electron chi connectivity index (χ1n) is 6.77.